The van der Waals surface area contributed by atoms with Crippen molar-refractivity contribution in [1.29, 1.82) is 0 Å². The number of ether oxygens (including phenoxy) is 1. The van der Waals surface area contributed by atoms with Gasteiger partial charge in [-0.2, -0.15) is 0 Å². The molecule has 0 bridgehead atoms. The first-order valence-electron chi connectivity index (χ1n) is 11.7. The highest BCUT2D eigenvalue weighted by atomic mass is 16.5. The molecule has 2 amide bonds. The highest BCUT2D eigenvalue weighted by Crippen LogP contribution is 2.20. The van der Waals surface area contributed by atoms with Crippen LogP contribution in [0.4, 0.5) is 11.4 Å². The molecule has 0 aromatic heterocycles. The zero-order valence-electron chi connectivity index (χ0n) is 19.6. The van der Waals surface area contributed by atoms with Crippen LogP contribution >= 0.6 is 0 Å². The van der Waals surface area contributed by atoms with Gasteiger partial charge < -0.3 is 19.9 Å². The molecule has 0 unspecified atom stereocenters. The van der Waals surface area contributed by atoms with Gasteiger partial charge in [-0.05, 0) is 53.9 Å². The predicted octanol–water partition coefficient (Wildman–Crippen LogP) is 4.16. The molecule has 0 saturated carbocycles. The Morgan fingerprint density at radius 3 is 2.15 bits per heavy atom. The Morgan fingerprint density at radius 1 is 0.824 bits per heavy atom. The minimum Gasteiger partial charge on any atom is -0.497 e. The number of amides is 2. The third-order valence-corrected chi connectivity index (χ3v) is 6.15. The molecule has 3 aromatic carbocycles. The summed E-state index contributed by atoms with van der Waals surface area (Å²) in [6, 6.07) is 25.6. The van der Waals surface area contributed by atoms with Crippen molar-refractivity contribution in [3.8, 4) is 5.75 Å². The minimum absolute atomic E-state index is 0.0144. The molecule has 0 spiro atoms. The van der Waals surface area contributed by atoms with Crippen LogP contribution in [0.3, 0.4) is 0 Å². The summed E-state index contributed by atoms with van der Waals surface area (Å²) in [6.07, 6.45) is 1.59. The van der Waals surface area contributed by atoms with Gasteiger partial charge >= 0.3 is 0 Å². The lowest BCUT2D eigenvalue weighted by Gasteiger charge is -2.36. The molecule has 4 rings (SSSR count). The number of rotatable bonds is 8. The van der Waals surface area contributed by atoms with Gasteiger partial charge in [0.25, 0.3) is 0 Å². The molecule has 1 fully saturated rings. The average Bonchev–Trinajstić information content (AvgIpc) is 2.89. The third kappa shape index (κ3) is 6.38. The van der Waals surface area contributed by atoms with Crippen LogP contribution in [-0.4, -0.2) is 50.0 Å². The van der Waals surface area contributed by atoms with E-state index in [-0.39, 0.29) is 11.8 Å². The molecule has 1 N–H and O–H groups in total. The number of carbonyl (C=O) groups is 2. The third-order valence-electron chi connectivity index (χ3n) is 6.15. The lowest BCUT2D eigenvalue weighted by atomic mass is 10.1. The van der Waals surface area contributed by atoms with Crippen LogP contribution < -0.4 is 15.0 Å². The topological polar surface area (TPSA) is 61.9 Å². The van der Waals surface area contributed by atoms with Crippen molar-refractivity contribution < 1.29 is 14.3 Å². The quantitative estimate of drug-likeness (QED) is 0.552. The maximum Gasteiger partial charge on any atom is 0.227 e. The summed E-state index contributed by atoms with van der Waals surface area (Å²) in [5.74, 6) is 0.960. The van der Waals surface area contributed by atoms with Crippen molar-refractivity contribution in [2.45, 2.75) is 19.3 Å². The Labute approximate surface area is 201 Å². The molecule has 1 saturated heterocycles. The van der Waals surface area contributed by atoms with Crippen molar-refractivity contribution in [3.05, 3.63) is 90.0 Å². The van der Waals surface area contributed by atoms with Crippen molar-refractivity contribution in [1.82, 2.24) is 4.90 Å². The SMILES string of the molecule is COc1ccc(CC(=O)N2CCN(c3ccc(NC(=O)CCc4ccccc4)cc3)CC2)cc1. The first-order chi connectivity index (χ1) is 16.6. The van der Waals surface area contributed by atoms with Crippen LogP contribution in [-0.2, 0) is 22.4 Å². The molecule has 176 valence electrons. The van der Waals surface area contributed by atoms with Crippen molar-refractivity contribution in [3.63, 3.8) is 0 Å². The van der Waals surface area contributed by atoms with Gasteiger partial charge in [0.1, 0.15) is 5.75 Å². The van der Waals surface area contributed by atoms with Crippen LogP contribution in [0.1, 0.15) is 17.5 Å². The summed E-state index contributed by atoms with van der Waals surface area (Å²) in [7, 11) is 1.64. The van der Waals surface area contributed by atoms with Gasteiger partial charge in [0.15, 0.2) is 0 Å². The van der Waals surface area contributed by atoms with Crippen molar-refractivity contribution in [2.75, 3.05) is 43.5 Å². The molecule has 1 heterocycles. The second-order valence-corrected chi connectivity index (χ2v) is 8.47. The zero-order valence-corrected chi connectivity index (χ0v) is 19.6. The fourth-order valence-electron chi connectivity index (χ4n) is 4.13. The number of benzene rings is 3. The Hall–Kier alpha value is -3.80. The molecule has 3 aromatic rings. The van der Waals surface area contributed by atoms with E-state index in [1.54, 1.807) is 7.11 Å². The molecule has 1 aliphatic heterocycles. The van der Waals surface area contributed by atoms with E-state index in [0.29, 0.717) is 25.9 Å². The maximum absolute atomic E-state index is 12.7. The van der Waals surface area contributed by atoms with Crippen LogP contribution in [0.15, 0.2) is 78.9 Å². The van der Waals surface area contributed by atoms with E-state index < -0.39 is 0 Å². The largest absolute Gasteiger partial charge is 0.497 e. The van der Waals surface area contributed by atoms with E-state index in [2.05, 4.69) is 10.2 Å². The fraction of sp³-hybridized carbons (Fsp3) is 0.286. The molecule has 0 atom stereocenters. The highest BCUT2D eigenvalue weighted by molar-refractivity contribution is 5.91. The van der Waals surface area contributed by atoms with Gasteiger partial charge in [0.05, 0.1) is 13.5 Å². The Balaban J connectivity index is 1.22. The van der Waals surface area contributed by atoms with Crippen LogP contribution in [0.25, 0.3) is 0 Å². The first-order valence-corrected chi connectivity index (χ1v) is 11.7. The summed E-state index contributed by atoms with van der Waals surface area (Å²) < 4.78 is 5.18. The number of piperazine rings is 1. The number of nitrogens with zero attached hydrogens (tertiary/aromatic N) is 2. The van der Waals surface area contributed by atoms with Crippen molar-refractivity contribution >= 4 is 23.2 Å². The summed E-state index contributed by atoms with van der Waals surface area (Å²) in [5, 5.41) is 2.98. The number of anilines is 2. The van der Waals surface area contributed by atoms with Crippen LogP contribution in [0.5, 0.6) is 5.75 Å². The predicted molar refractivity (Wildman–Crippen MR) is 135 cm³/mol. The van der Waals surface area contributed by atoms with Gasteiger partial charge in [0.2, 0.25) is 11.8 Å². The second-order valence-electron chi connectivity index (χ2n) is 8.47. The number of carbonyl (C=O) groups excluding carboxylic acids is 2. The van der Waals surface area contributed by atoms with Gasteiger partial charge in [-0.1, -0.05) is 42.5 Å². The second kappa shape index (κ2) is 11.4. The fourth-order valence-corrected chi connectivity index (χ4v) is 4.13. The van der Waals surface area contributed by atoms with Crippen LogP contribution in [0.2, 0.25) is 0 Å². The Morgan fingerprint density at radius 2 is 1.50 bits per heavy atom. The smallest absolute Gasteiger partial charge is 0.227 e. The monoisotopic (exact) mass is 457 g/mol. The molecular weight excluding hydrogens is 426 g/mol. The molecule has 34 heavy (non-hydrogen) atoms. The number of methoxy groups -OCH3 is 1. The Bertz CT molecular complexity index is 1070. The minimum atomic E-state index is 0.0144. The normalized spacial score (nSPS) is 13.4. The van der Waals surface area contributed by atoms with Gasteiger partial charge in [0, 0.05) is 44.0 Å². The lowest BCUT2D eigenvalue weighted by Crippen LogP contribution is -2.49. The standard InChI is InChI=1S/C28H31N3O3/c1-34-26-14-7-23(8-15-26)21-28(33)31-19-17-30(18-20-31)25-12-10-24(11-13-25)29-27(32)16-9-22-5-3-2-4-6-22/h2-8,10-15H,9,16-21H2,1H3,(H,29,32). The van der Waals surface area contributed by atoms with Crippen molar-refractivity contribution in [2.24, 2.45) is 0 Å². The molecule has 0 radical (unpaired) electrons. The van der Waals surface area contributed by atoms with E-state index in [4.69, 9.17) is 4.74 Å². The molecule has 0 aliphatic carbocycles. The maximum atomic E-state index is 12.7. The van der Waals surface area contributed by atoms with E-state index in [1.165, 1.54) is 0 Å². The average molecular weight is 458 g/mol. The van der Waals surface area contributed by atoms with E-state index in [1.807, 2.05) is 83.8 Å². The Kier molecular flexibility index (Phi) is 7.81. The number of hydrogen-bond donors (Lipinski definition) is 1. The number of aryl methyl sites for hydroxylation is 1. The number of hydrogen-bond acceptors (Lipinski definition) is 4. The van der Waals surface area contributed by atoms with E-state index in [0.717, 1.165) is 47.8 Å². The summed E-state index contributed by atoms with van der Waals surface area (Å²) in [4.78, 5) is 29.2. The van der Waals surface area contributed by atoms with E-state index >= 15 is 0 Å². The zero-order chi connectivity index (χ0) is 23.8. The lowest BCUT2D eigenvalue weighted by molar-refractivity contribution is -0.130. The number of nitrogens with one attached hydrogen (secondary N) is 1. The summed E-state index contributed by atoms with van der Waals surface area (Å²) >= 11 is 0. The molecule has 6 heteroatoms. The van der Waals surface area contributed by atoms with Gasteiger partial charge in [-0.25, -0.2) is 0 Å². The first kappa shape index (κ1) is 23.4. The van der Waals surface area contributed by atoms with Crippen LogP contribution in [0, 0.1) is 0 Å². The van der Waals surface area contributed by atoms with Gasteiger partial charge in [-0.3, -0.25) is 9.59 Å². The molecular formula is C28H31N3O3. The van der Waals surface area contributed by atoms with E-state index in [9.17, 15) is 9.59 Å². The summed E-state index contributed by atoms with van der Waals surface area (Å²) in [6.45, 7) is 2.98. The summed E-state index contributed by atoms with van der Waals surface area (Å²) in [5.41, 5.74) is 4.06. The molecule has 1 aliphatic rings. The van der Waals surface area contributed by atoms with Gasteiger partial charge in [-0.15, -0.1) is 0 Å². The molecule has 6 nitrogen and oxygen atoms in total. The highest BCUT2D eigenvalue weighted by Gasteiger charge is 2.21.